The molecule has 0 aliphatic rings. The van der Waals surface area contributed by atoms with Gasteiger partial charge in [0.1, 0.15) is 0 Å². The van der Waals surface area contributed by atoms with Crippen LogP contribution in [-0.2, 0) is 0 Å². The van der Waals surface area contributed by atoms with Gasteiger partial charge in [-0.2, -0.15) is 0 Å². The molecule has 0 spiro atoms. The molecule has 0 amide bonds. The quantitative estimate of drug-likeness (QED) is 0.206. The maximum atomic E-state index is 7.85. The lowest BCUT2D eigenvalue weighted by Crippen LogP contribution is -2.02. The Morgan fingerprint density at radius 1 is 0.548 bits per heavy atom. The Hall–Kier alpha value is -5.66. The van der Waals surface area contributed by atoms with Gasteiger partial charge in [-0.25, -0.2) is 4.85 Å². The number of fused-ring (bicyclic) bond motifs is 6. The molecule has 0 bridgehead atoms. The maximum absolute atomic E-state index is 7.85. The summed E-state index contributed by atoms with van der Waals surface area (Å²) in [6.45, 7) is 12.1. The van der Waals surface area contributed by atoms with Crippen molar-refractivity contribution in [2.24, 2.45) is 0 Å². The summed E-state index contributed by atoms with van der Waals surface area (Å²) in [7, 11) is 0. The van der Waals surface area contributed by atoms with Crippen LogP contribution in [0.5, 0.6) is 0 Å². The van der Waals surface area contributed by atoms with Crippen LogP contribution in [0.3, 0.4) is 0 Å². The van der Waals surface area contributed by atoms with Crippen molar-refractivity contribution in [3.05, 3.63) is 144 Å². The molecule has 0 aliphatic heterocycles. The van der Waals surface area contributed by atoms with Crippen molar-refractivity contribution in [1.29, 1.82) is 0 Å². The van der Waals surface area contributed by atoms with Crippen molar-refractivity contribution in [3.8, 4) is 22.5 Å². The van der Waals surface area contributed by atoms with Gasteiger partial charge in [-0.15, -0.1) is 0 Å². The first-order valence-corrected chi connectivity index (χ1v) is 14.1. The Kier molecular flexibility index (Phi) is 5.29. The summed E-state index contributed by atoms with van der Waals surface area (Å²) in [6.07, 6.45) is 3.82. The van der Waals surface area contributed by atoms with E-state index in [1.54, 1.807) is 0 Å². The smallest absolute Gasteiger partial charge is 0.189 e. The van der Waals surface area contributed by atoms with Crippen LogP contribution in [0.1, 0.15) is 11.1 Å². The highest BCUT2D eigenvalue weighted by atomic mass is 15.0. The Morgan fingerprint density at radius 3 is 1.71 bits per heavy atom. The fraction of sp³-hybridized carbons (Fsp3) is 0.0526. The van der Waals surface area contributed by atoms with Crippen LogP contribution in [0.15, 0.2) is 122 Å². The number of aryl methyl sites for hydroxylation is 2. The fourth-order valence-electron chi connectivity index (χ4n) is 6.49. The molecule has 4 heteroatoms. The minimum atomic E-state index is 0.606. The number of aromatic nitrogens is 3. The van der Waals surface area contributed by atoms with Crippen LogP contribution in [0.4, 0.5) is 5.69 Å². The van der Waals surface area contributed by atoms with E-state index in [1.807, 2.05) is 24.5 Å². The van der Waals surface area contributed by atoms with Gasteiger partial charge in [0, 0.05) is 44.6 Å². The van der Waals surface area contributed by atoms with Gasteiger partial charge in [-0.05, 0) is 62.4 Å². The molecular weight excluding hydrogens is 512 g/mol. The van der Waals surface area contributed by atoms with Crippen molar-refractivity contribution >= 4 is 49.3 Å². The molecule has 0 radical (unpaired) electrons. The third-order valence-corrected chi connectivity index (χ3v) is 8.34. The maximum Gasteiger partial charge on any atom is 0.189 e. The molecule has 8 aromatic rings. The van der Waals surface area contributed by atoms with Crippen LogP contribution in [0.2, 0.25) is 0 Å². The minimum absolute atomic E-state index is 0.606. The van der Waals surface area contributed by atoms with Crippen molar-refractivity contribution < 1.29 is 0 Å². The van der Waals surface area contributed by atoms with E-state index >= 15 is 0 Å². The van der Waals surface area contributed by atoms with Gasteiger partial charge in [-0.3, -0.25) is 4.98 Å². The van der Waals surface area contributed by atoms with Crippen LogP contribution >= 0.6 is 0 Å². The van der Waals surface area contributed by atoms with Gasteiger partial charge in [0.25, 0.3) is 0 Å². The topological polar surface area (TPSA) is 27.1 Å². The summed E-state index contributed by atoms with van der Waals surface area (Å²) >= 11 is 0. The molecule has 198 valence electrons. The molecule has 3 aromatic heterocycles. The molecule has 0 unspecified atom stereocenters. The fourth-order valence-corrected chi connectivity index (χ4v) is 6.49. The predicted molar refractivity (Wildman–Crippen MR) is 174 cm³/mol. The molecule has 0 saturated carbocycles. The van der Waals surface area contributed by atoms with Crippen LogP contribution in [-0.4, -0.2) is 14.1 Å². The average molecular weight is 539 g/mol. The SMILES string of the molecule is [C-]#[N+]c1ccc(-c2ccncc2-n2c3ccccc3c3cc(C)ccc32)c(-n2c3ccccc3c3cc(C)ccc32)c1. The highest BCUT2D eigenvalue weighted by Crippen LogP contribution is 2.41. The number of rotatable bonds is 3. The van der Waals surface area contributed by atoms with Gasteiger partial charge in [0.05, 0.1) is 40.5 Å². The molecule has 0 atom stereocenters. The summed E-state index contributed by atoms with van der Waals surface area (Å²) in [6, 6.07) is 38.5. The zero-order chi connectivity index (χ0) is 28.4. The second-order valence-corrected chi connectivity index (χ2v) is 11.0. The number of para-hydroxylation sites is 2. The lowest BCUT2D eigenvalue weighted by molar-refractivity contribution is 1.13. The number of benzene rings is 5. The van der Waals surface area contributed by atoms with Crippen molar-refractivity contribution in [2.45, 2.75) is 13.8 Å². The lowest BCUT2D eigenvalue weighted by Gasteiger charge is -2.18. The predicted octanol–water partition coefficient (Wildman–Crippen LogP) is 10.1. The van der Waals surface area contributed by atoms with Gasteiger partial charge in [0.15, 0.2) is 5.69 Å². The van der Waals surface area contributed by atoms with E-state index in [0.29, 0.717) is 5.69 Å². The molecule has 0 aliphatic carbocycles. The standard InChI is InChI=1S/C38H26N4/c1-24-12-16-35-31(20-24)27-8-4-6-10-33(27)41(35)37-22-26(39-3)14-15-29(37)30-18-19-40-23-38(30)42-34-11-7-5-9-28(34)32-21-25(2)13-17-36(32)42/h4-23H,1-2H3. The van der Waals surface area contributed by atoms with Crippen LogP contribution in [0.25, 0.3) is 71.0 Å². The minimum Gasteiger partial charge on any atom is -0.310 e. The van der Waals surface area contributed by atoms with E-state index in [4.69, 9.17) is 6.57 Å². The van der Waals surface area contributed by atoms with Gasteiger partial charge >= 0.3 is 0 Å². The first-order valence-electron chi connectivity index (χ1n) is 14.1. The summed E-state index contributed by atoms with van der Waals surface area (Å²) in [4.78, 5) is 8.45. The molecule has 4 nitrogen and oxygen atoms in total. The van der Waals surface area contributed by atoms with E-state index in [-0.39, 0.29) is 0 Å². The monoisotopic (exact) mass is 538 g/mol. The molecule has 42 heavy (non-hydrogen) atoms. The normalized spacial score (nSPS) is 11.5. The largest absolute Gasteiger partial charge is 0.310 e. The summed E-state index contributed by atoms with van der Waals surface area (Å²) < 4.78 is 4.64. The molecule has 3 heterocycles. The first kappa shape index (κ1) is 24.2. The second kappa shape index (κ2) is 9.19. The van der Waals surface area contributed by atoms with E-state index < -0.39 is 0 Å². The van der Waals surface area contributed by atoms with Crippen LogP contribution in [0, 0.1) is 20.4 Å². The Labute approximate surface area is 243 Å². The average Bonchev–Trinajstić information content (AvgIpc) is 3.53. The number of nitrogens with zero attached hydrogens (tertiary/aromatic N) is 4. The van der Waals surface area contributed by atoms with E-state index in [1.165, 1.54) is 32.7 Å². The van der Waals surface area contributed by atoms with E-state index in [0.717, 1.165) is 44.6 Å². The van der Waals surface area contributed by atoms with Gasteiger partial charge in [-0.1, -0.05) is 71.8 Å². The summed E-state index contributed by atoms with van der Waals surface area (Å²) in [5, 5.41) is 4.84. The summed E-state index contributed by atoms with van der Waals surface area (Å²) in [5.74, 6) is 0. The third-order valence-electron chi connectivity index (χ3n) is 8.34. The highest BCUT2D eigenvalue weighted by molar-refractivity contribution is 6.11. The molecule has 8 rings (SSSR count). The van der Waals surface area contributed by atoms with Crippen molar-refractivity contribution in [1.82, 2.24) is 14.1 Å². The molecule has 5 aromatic carbocycles. The van der Waals surface area contributed by atoms with Gasteiger partial charge in [0.2, 0.25) is 0 Å². The number of hydrogen-bond donors (Lipinski definition) is 0. The second-order valence-electron chi connectivity index (χ2n) is 11.0. The molecular formula is C38H26N4. The third kappa shape index (κ3) is 3.51. The number of hydrogen-bond acceptors (Lipinski definition) is 1. The lowest BCUT2D eigenvalue weighted by atomic mass is 10.0. The Bertz CT molecular complexity index is 2400. The highest BCUT2D eigenvalue weighted by Gasteiger charge is 2.20. The van der Waals surface area contributed by atoms with Gasteiger partial charge < -0.3 is 9.13 Å². The molecule has 0 fully saturated rings. The zero-order valence-corrected chi connectivity index (χ0v) is 23.3. The molecule has 0 N–H and O–H groups in total. The van der Waals surface area contributed by atoms with Crippen molar-refractivity contribution in [2.75, 3.05) is 0 Å². The summed E-state index contributed by atoms with van der Waals surface area (Å²) in [5.41, 5.74) is 11.6. The zero-order valence-electron chi connectivity index (χ0n) is 23.3. The first-order chi connectivity index (χ1) is 20.6. The Balaban J connectivity index is 1.49. The number of pyridine rings is 1. The van der Waals surface area contributed by atoms with E-state index in [2.05, 4.69) is 130 Å². The molecule has 0 saturated heterocycles. The Morgan fingerprint density at radius 2 is 1.10 bits per heavy atom. The van der Waals surface area contributed by atoms with Crippen LogP contribution < -0.4 is 0 Å². The van der Waals surface area contributed by atoms with E-state index in [9.17, 15) is 0 Å². The van der Waals surface area contributed by atoms with Crippen molar-refractivity contribution in [3.63, 3.8) is 0 Å².